The summed E-state index contributed by atoms with van der Waals surface area (Å²) in [4.78, 5) is 2.16. The molecule has 0 saturated carbocycles. The van der Waals surface area contributed by atoms with Crippen LogP contribution in [-0.4, -0.2) is 31.7 Å². The zero-order valence-electron chi connectivity index (χ0n) is 14.2. The minimum Gasteiger partial charge on any atom is -0.380 e. The minimum atomic E-state index is 0.751. The fraction of sp³-hybridized carbons (Fsp3) is 0.474. The zero-order valence-corrected chi connectivity index (χ0v) is 14.2. The topological polar surface area (TPSA) is 12.5 Å². The van der Waals surface area contributed by atoms with Crippen LogP contribution in [0.4, 0.5) is 0 Å². The van der Waals surface area contributed by atoms with Crippen molar-refractivity contribution in [1.29, 1.82) is 0 Å². The van der Waals surface area contributed by atoms with E-state index in [2.05, 4.69) is 57.6 Å². The molecule has 0 fully saturated rings. The lowest BCUT2D eigenvalue weighted by molar-refractivity contribution is 0.133. The van der Waals surface area contributed by atoms with Crippen LogP contribution in [0.5, 0.6) is 0 Å². The second-order valence-electron chi connectivity index (χ2n) is 5.34. The first-order chi connectivity index (χ1) is 10.0. The van der Waals surface area contributed by atoms with E-state index >= 15 is 0 Å². The van der Waals surface area contributed by atoms with Crippen LogP contribution in [0.1, 0.15) is 36.1 Å². The third-order valence-electron chi connectivity index (χ3n) is 3.96. The van der Waals surface area contributed by atoms with Gasteiger partial charge in [0.25, 0.3) is 0 Å². The molecule has 0 aliphatic carbocycles. The van der Waals surface area contributed by atoms with E-state index in [0.29, 0.717) is 0 Å². The van der Waals surface area contributed by atoms with Gasteiger partial charge in [0.1, 0.15) is 0 Å². The molecule has 0 amide bonds. The van der Waals surface area contributed by atoms with Crippen molar-refractivity contribution in [2.45, 2.75) is 34.1 Å². The molecule has 1 rings (SSSR count). The molecule has 2 heteroatoms. The lowest BCUT2D eigenvalue weighted by Crippen LogP contribution is -2.18. The molecule has 1 aromatic carbocycles. The summed E-state index contributed by atoms with van der Waals surface area (Å²) in [5.41, 5.74) is 6.59. The molecule has 0 atom stereocenters. The van der Waals surface area contributed by atoms with Crippen LogP contribution in [0.15, 0.2) is 31.0 Å². The predicted molar refractivity (Wildman–Crippen MR) is 92.6 cm³/mol. The van der Waals surface area contributed by atoms with Gasteiger partial charge in [-0.2, -0.15) is 0 Å². The molecule has 0 aliphatic rings. The van der Waals surface area contributed by atoms with Crippen LogP contribution < -0.4 is 0 Å². The number of hydrogen-bond donors (Lipinski definition) is 0. The van der Waals surface area contributed by atoms with Crippen molar-refractivity contribution in [2.75, 3.05) is 26.8 Å². The predicted octanol–water partition coefficient (Wildman–Crippen LogP) is 4.36. The molecule has 0 bridgehead atoms. The molecule has 0 heterocycles. The number of hydrogen-bond acceptors (Lipinski definition) is 2. The second kappa shape index (κ2) is 8.68. The summed E-state index contributed by atoms with van der Waals surface area (Å²) in [5.74, 6) is 0. The first kappa shape index (κ1) is 17.5. The molecule has 0 aromatic heterocycles. The van der Waals surface area contributed by atoms with Gasteiger partial charge in [-0.25, -0.2) is 0 Å². The molecule has 116 valence electrons. The van der Waals surface area contributed by atoms with Crippen LogP contribution >= 0.6 is 0 Å². The average molecular weight is 287 g/mol. The number of likely N-dealkylation sites (N-methyl/N-ethyl adjacent to an activating group) is 1. The number of benzene rings is 1. The van der Waals surface area contributed by atoms with Crippen molar-refractivity contribution in [3.05, 3.63) is 53.2 Å². The van der Waals surface area contributed by atoms with Gasteiger partial charge in [-0.1, -0.05) is 31.7 Å². The van der Waals surface area contributed by atoms with Gasteiger partial charge < -0.3 is 9.64 Å². The Morgan fingerprint density at radius 2 is 1.95 bits per heavy atom. The molecule has 0 aliphatic heterocycles. The summed E-state index contributed by atoms with van der Waals surface area (Å²) in [5, 5.41) is 0. The Hall–Kier alpha value is -1.54. The van der Waals surface area contributed by atoms with Crippen LogP contribution in [-0.2, 0) is 11.2 Å². The Bertz CT molecular complexity index is 503. The van der Waals surface area contributed by atoms with E-state index in [0.717, 1.165) is 31.8 Å². The number of aryl methyl sites for hydroxylation is 1. The Balaban J connectivity index is 2.99. The molecule has 2 nitrogen and oxygen atoms in total. The van der Waals surface area contributed by atoms with Gasteiger partial charge >= 0.3 is 0 Å². The fourth-order valence-electron chi connectivity index (χ4n) is 2.46. The Kier molecular flexibility index (Phi) is 7.24. The van der Waals surface area contributed by atoms with Gasteiger partial charge in [-0.05, 0) is 55.0 Å². The van der Waals surface area contributed by atoms with E-state index in [9.17, 15) is 0 Å². The molecule has 1 aromatic rings. The number of nitrogens with zero attached hydrogens (tertiary/aromatic N) is 1. The number of ether oxygens (including phenoxy) is 1. The van der Waals surface area contributed by atoms with Gasteiger partial charge in [0.15, 0.2) is 0 Å². The van der Waals surface area contributed by atoms with Gasteiger partial charge in [0.05, 0.1) is 6.61 Å². The molecule has 0 saturated heterocycles. The molecular formula is C19H29NO. The van der Waals surface area contributed by atoms with Gasteiger partial charge in [0, 0.05) is 26.4 Å². The minimum absolute atomic E-state index is 0.751. The highest BCUT2D eigenvalue weighted by Gasteiger charge is 2.08. The quantitative estimate of drug-likeness (QED) is 0.520. The van der Waals surface area contributed by atoms with Crippen molar-refractivity contribution in [2.24, 2.45) is 0 Å². The van der Waals surface area contributed by atoms with Gasteiger partial charge in [-0.15, -0.1) is 0 Å². The Morgan fingerprint density at radius 3 is 2.52 bits per heavy atom. The summed E-state index contributed by atoms with van der Waals surface area (Å²) in [6.07, 6.45) is 5.17. The monoisotopic (exact) mass is 287 g/mol. The molecule has 0 spiro atoms. The Labute approximate surface area is 130 Å². The lowest BCUT2D eigenvalue weighted by Gasteiger charge is -2.18. The SMILES string of the molecule is C=C/C(=C\N(C)CCOCC)c1ccc(CC)c(C)c1C. The summed E-state index contributed by atoms with van der Waals surface area (Å²) < 4.78 is 5.40. The van der Waals surface area contributed by atoms with Crippen LogP contribution in [0, 0.1) is 13.8 Å². The smallest absolute Gasteiger partial charge is 0.0641 e. The lowest BCUT2D eigenvalue weighted by atomic mass is 9.93. The van der Waals surface area contributed by atoms with E-state index in [1.165, 1.54) is 22.3 Å². The summed E-state index contributed by atoms with van der Waals surface area (Å²) in [7, 11) is 2.07. The molecule has 0 unspecified atom stereocenters. The molecule has 21 heavy (non-hydrogen) atoms. The summed E-state index contributed by atoms with van der Waals surface area (Å²) in [6, 6.07) is 4.44. The largest absolute Gasteiger partial charge is 0.380 e. The van der Waals surface area contributed by atoms with E-state index in [1.54, 1.807) is 0 Å². The highest BCUT2D eigenvalue weighted by Crippen LogP contribution is 2.25. The van der Waals surface area contributed by atoms with Gasteiger partial charge in [0.2, 0.25) is 0 Å². The van der Waals surface area contributed by atoms with Crippen LogP contribution in [0.3, 0.4) is 0 Å². The van der Waals surface area contributed by atoms with Crippen molar-refractivity contribution in [3.63, 3.8) is 0 Å². The maximum absolute atomic E-state index is 5.40. The van der Waals surface area contributed by atoms with E-state index in [1.807, 2.05) is 13.0 Å². The van der Waals surface area contributed by atoms with E-state index in [-0.39, 0.29) is 0 Å². The fourth-order valence-corrected chi connectivity index (χ4v) is 2.46. The highest BCUT2D eigenvalue weighted by molar-refractivity contribution is 5.76. The second-order valence-corrected chi connectivity index (χ2v) is 5.34. The molecule has 0 radical (unpaired) electrons. The number of rotatable bonds is 8. The molecule has 0 N–H and O–H groups in total. The maximum Gasteiger partial charge on any atom is 0.0641 e. The highest BCUT2D eigenvalue weighted by atomic mass is 16.5. The average Bonchev–Trinajstić information content (AvgIpc) is 2.48. The third-order valence-corrected chi connectivity index (χ3v) is 3.96. The standard InChI is InChI=1S/C19H29NO/c1-7-17-10-11-19(16(5)15(17)4)18(8-2)14-20(6)12-13-21-9-3/h8,10-11,14H,2,7,9,12-13H2,1,3-6H3/b18-14+. The molecular weight excluding hydrogens is 258 g/mol. The van der Waals surface area contributed by atoms with E-state index in [4.69, 9.17) is 4.74 Å². The zero-order chi connectivity index (χ0) is 15.8. The third kappa shape index (κ3) is 4.75. The van der Waals surface area contributed by atoms with Crippen molar-refractivity contribution in [1.82, 2.24) is 4.90 Å². The normalized spacial score (nSPS) is 11.6. The first-order valence-electron chi connectivity index (χ1n) is 7.76. The first-order valence-corrected chi connectivity index (χ1v) is 7.76. The van der Waals surface area contributed by atoms with Gasteiger partial charge in [-0.3, -0.25) is 0 Å². The summed E-state index contributed by atoms with van der Waals surface area (Å²) >= 11 is 0. The maximum atomic E-state index is 5.40. The van der Waals surface area contributed by atoms with Crippen molar-refractivity contribution >= 4 is 5.57 Å². The Morgan fingerprint density at radius 1 is 1.24 bits per heavy atom. The van der Waals surface area contributed by atoms with E-state index < -0.39 is 0 Å². The van der Waals surface area contributed by atoms with Crippen molar-refractivity contribution in [3.8, 4) is 0 Å². The summed E-state index contributed by atoms with van der Waals surface area (Å²) in [6.45, 7) is 15.0. The number of allylic oxidation sites excluding steroid dienone is 2. The van der Waals surface area contributed by atoms with Crippen LogP contribution in [0.25, 0.3) is 5.57 Å². The van der Waals surface area contributed by atoms with Crippen LogP contribution in [0.2, 0.25) is 0 Å². The van der Waals surface area contributed by atoms with Crippen molar-refractivity contribution < 1.29 is 4.74 Å².